The van der Waals surface area contributed by atoms with Crippen molar-refractivity contribution < 1.29 is 10.0 Å². The Morgan fingerprint density at radius 3 is 1.30 bits per heavy atom. The molecule has 33 heavy (non-hydrogen) atoms. The van der Waals surface area contributed by atoms with Gasteiger partial charge in [0.25, 0.3) is 0 Å². The smallest absolute Gasteiger partial charge is 0.423 e. The minimum absolute atomic E-state index is 0.376. The first kappa shape index (κ1) is 22.3. The molecule has 0 spiro atoms. The third-order valence-electron chi connectivity index (χ3n) is 5.81. The van der Waals surface area contributed by atoms with Crippen LogP contribution in [0.3, 0.4) is 0 Å². The highest BCUT2D eigenvalue weighted by Gasteiger charge is 2.26. The van der Waals surface area contributed by atoms with Gasteiger partial charge in [-0.1, -0.05) is 123 Å². The van der Waals surface area contributed by atoms with Crippen molar-refractivity contribution in [3.8, 4) is 0 Å². The first-order valence-electron chi connectivity index (χ1n) is 10.8. The van der Waals surface area contributed by atoms with E-state index in [4.69, 9.17) is 0 Å². The van der Waals surface area contributed by atoms with Crippen LogP contribution in [-0.2, 0) is 0 Å². The van der Waals surface area contributed by atoms with Gasteiger partial charge in [0.05, 0.1) is 0 Å². The van der Waals surface area contributed by atoms with Crippen LogP contribution in [0.5, 0.6) is 0 Å². The lowest BCUT2D eigenvalue weighted by atomic mass is 9.70. The largest absolute Gasteiger partial charge is 0.489 e. The van der Waals surface area contributed by atoms with Gasteiger partial charge in [-0.2, -0.15) is 0 Å². The van der Waals surface area contributed by atoms with Crippen molar-refractivity contribution in [2.75, 3.05) is 0 Å². The molecule has 0 radical (unpaired) electrons. The second-order valence-corrected chi connectivity index (χ2v) is 7.86. The topological polar surface area (TPSA) is 40.5 Å². The van der Waals surface area contributed by atoms with Crippen LogP contribution in [0.1, 0.15) is 33.4 Å². The number of benzene rings is 4. The molecule has 0 aliphatic carbocycles. The Hall–Kier alpha value is -3.92. The highest BCUT2D eigenvalue weighted by Crippen LogP contribution is 2.37. The van der Waals surface area contributed by atoms with E-state index < -0.39 is 7.12 Å². The fourth-order valence-corrected chi connectivity index (χ4v) is 4.09. The van der Waals surface area contributed by atoms with Gasteiger partial charge in [-0.05, 0) is 55.6 Å². The molecule has 4 aromatic carbocycles. The molecule has 4 rings (SSSR count). The van der Waals surface area contributed by atoms with Gasteiger partial charge in [-0.15, -0.1) is 0 Å². The Morgan fingerprint density at radius 2 is 0.879 bits per heavy atom. The zero-order valence-electron chi connectivity index (χ0n) is 18.4. The predicted molar refractivity (Wildman–Crippen MR) is 140 cm³/mol. The van der Waals surface area contributed by atoms with Gasteiger partial charge in [-0.3, -0.25) is 0 Å². The van der Waals surface area contributed by atoms with E-state index in [2.05, 4.69) is 19.7 Å². The van der Waals surface area contributed by atoms with E-state index in [1.807, 2.05) is 97.1 Å². The predicted octanol–water partition coefficient (Wildman–Crippen LogP) is 5.55. The van der Waals surface area contributed by atoms with Crippen molar-refractivity contribution in [1.29, 1.82) is 0 Å². The van der Waals surface area contributed by atoms with Crippen LogP contribution in [0.15, 0.2) is 123 Å². The fourth-order valence-electron chi connectivity index (χ4n) is 4.09. The van der Waals surface area contributed by atoms with Crippen molar-refractivity contribution in [2.24, 2.45) is 0 Å². The molecule has 0 aliphatic heterocycles. The van der Waals surface area contributed by atoms with Gasteiger partial charge >= 0.3 is 7.12 Å². The van der Waals surface area contributed by atoms with Crippen LogP contribution in [-0.4, -0.2) is 17.2 Å². The molecule has 0 bridgehead atoms. The molecule has 0 aromatic heterocycles. The zero-order valence-corrected chi connectivity index (χ0v) is 18.4. The van der Waals surface area contributed by atoms with E-state index in [-0.39, 0.29) is 0 Å². The first-order valence-corrected chi connectivity index (χ1v) is 10.8. The van der Waals surface area contributed by atoms with Crippen molar-refractivity contribution in [2.45, 2.75) is 0 Å². The summed E-state index contributed by atoms with van der Waals surface area (Å²) in [4.78, 5) is 0. The lowest BCUT2D eigenvalue weighted by Crippen LogP contribution is -2.34. The zero-order chi connectivity index (χ0) is 23.4. The third kappa shape index (κ3) is 4.51. The Bertz CT molecular complexity index is 1310. The van der Waals surface area contributed by atoms with Gasteiger partial charge in [0, 0.05) is 0 Å². The quantitative estimate of drug-likeness (QED) is 0.379. The van der Waals surface area contributed by atoms with E-state index in [0.717, 1.165) is 39.0 Å². The van der Waals surface area contributed by atoms with Crippen LogP contribution < -0.4 is 5.46 Å². The first-order chi connectivity index (χ1) is 16.0. The summed E-state index contributed by atoms with van der Waals surface area (Å²) in [6.07, 6.45) is 0. The van der Waals surface area contributed by atoms with Crippen LogP contribution in [0.4, 0.5) is 0 Å². The number of hydrogen-bond donors (Lipinski definition) is 2. The maximum atomic E-state index is 10.3. The van der Waals surface area contributed by atoms with Crippen LogP contribution in [0.25, 0.3) is 16.7 Å². The van der Waals surface area contributed by atoms with Gasteiger partial charge in [0.2, 0.25) is 0 Å². The number of hydrogen-bond acceptors (Lipinski definition) is 2. The maximum absolute atomic E-state index is 10.3. The Labute approximate surface area is 195 Å². The molecular formula is C30H25BO2. The van der Waals surface area contributed by atoms with Crippen molar-refractivity contribution in [3.05, 3.63) is 156 Å². The summed E-state index contributed by atoms with van der Waals surface area (Å²) in [6.45, 7) is 13.2. The molecule has 2 N–H and O–H groups in total. The third-order valence-corrected chi connectivity index (χ3v) is 5.81. The van der Waals surface area contributed by atoms with Gasteiger partial charge in [0.1, 0.15) is 0 Å². The maximum Gasteiger partial charge on any atom is 0.489 e. The molecule has 0 aliphatic rings. The molecule has 160 valence electrons. The minimum atomic E-state index is -1.66. The molecule has 0 saturated carbocycles. The highest BCUT2D eigenvalue weighted by atomic mass is 16.4. The molecule has 0 atom stereocenters. The van der Waals surface area contributed by atoms with Gasteiger partial charge in [-0.25, -0.2) is 0 Å². The van der Waals surface area contributed by atoms with E-state index in [1.165, 1.54) is 0 Å². The van der Waals surface area contributed by atoms with E-state index in [0.29, 0.717) is 16.6 Å². The van der Waals surface area contributed by atoms with E-state index >= 15 is 0 Å². The second kappa shape index (κ2) is 9.70. The van der Waals surface area contributed by atoms with Crippen molar-refractivity contribution in [3.63, 3.8) is 0 Å². The molecule has 0 amide bonds. The van der Waals surface area contributed by atoms with E-state index in [9.17, 15) is 10.0 Å². The summed E-state index contributed by atoms with van der Waals surface area (Å²) in [6, 6.07) is 33.2. The molecule has 0 saturated heterocycles. The number of rotatable bonds is 7. The molecule has 3 heteroatoms. The molecule has 0 fully saturated rings. The Kier molecular flexibility index (Phi) is 6.55. The lowest BCUT2D eigenvalue weighted by molar-refractivity contribution is 0.425. The molecule has 0 unspecified atom stereocenters. The van der Waals surface area contributed by atoms with Crippen LogP contribution in [0, 0.1) is 0 Å². The molecular weight excluding hydrogens is 403 g/mol. The summed E-state index contributed by atoms with van der Waals surface area (Å²) in [5, 5.41) is 20.6. The Morgan fingerprint density at radius 1 is 0.485 bits per heavy atom. The van der Waals surface area contributed by atoms with E-state index in [1.54, 1.807) is 6.07 Å². The average molecular weight is 428 g/mol. The summed E-state index contributed by atoms with van der Waals surface area (Å²) >= 11 is 0. The summed E-state index contributed by atoms with van der Waals surface area (Å²) in [5.74, 6) is 0. The van der Waals surface area contributed by atoms with Crippen molar-refractivity contribution >= 4 is 29.3 Å². The van der Waals surface area contributed by atoms with Crippen LogP contribution >= 0.6 is 0 Å². The van der Waals surface area contributed by atoms with Crippen LogP contribution in [0.2, 0.25) is 0 Å². The SMILES string of the molecule is C=C(c1ccccc1)c1ccc(B(O)O)c(C(=C)c2ccccc2)c1C(=C)c1ccccc1. The summed E-state index contributed by atoms with van der Waals surface area (Å²) in [7, 11) is -1.66. The monoisotopic (exact) mass is 428 g/mol. The molecule has 4 aromatic rings. The second-order valence-electron chi connectivity index (χ2n) is 7.86. The summed E-state index contributed by atoms with van der Waals surface area (Å²) in [5.41, 5.74) is 7.76. The molecule has 0 heterocycles. The van der Waals surface area contributed by atoms with Crippen molar-refractivity contribution in [1.82, 2.24) is 0 Å². The average Bonchev–Trinajstić information content (AvgIpc) is 2.88. The van der Waals surface area contributed by atoms with Gasteiger partial charge in [0.15, 0.2) is 0 Å². The lowest BCUT2D eigenvalue weighted by Gasteiger charge is -2.23. The normalized spacial score (nSPS) is 10.5. The van der Waals surface area contributed by atoms with Gasteiger partial charge < -0.3 is 10.0 Å². The highest BCUT2D eigenvalue weighted by molar-refractivity contribution is 6.60. The summed E-state index contributed by atoms with van der Waals surface area (Å²) < 4.78 is 0. The standard InChI is InChI=1S/C30H25BO2/c1-21(24-13-7-4-8-14-24)27-19-20-28(31(32)33)30(23(3)26-17-11-6-12-18-26)29(27)22(2)25-15-9-5-10-16-25/h4-20,32-33H,1-3H2. The molecule has 2 nitrogen and oxygen atoms in total. The minimum Gasteiger partial charge on any atom is -0.423 e. The fraction of sp³-hybridized carbons (Fsp3) is 0. The Balaban J connectivity index is 2.03.